The molecule has 0 aromatic heterocycles. The summed E-state index contributed by atoms with van der Waals surface area (Å²) in [5.74, 6) is -1.10. The number of amides is 1. The topological polar surface area (TPSA) is 66.8 Å². The molecule has 108 valence electrons. The largest absolute Gasteiger partial charge is 0.480 e. The summed E-state index contributed by atoms with van der Waals surface area (Å²) >= 11 is 5.78. The first-order chi connectivity index (χ1) is 9.45. The van der Waals surface area contributed by atoms with Gasteiger partial charge in [0.05, 0.1) is 0 Å². The average molecular weight is 298 g/mol. The molecule has 6 heteroatoms. The van der Waals surface area contributed by atoms with Gasteiger partial charge in [-0.25, -0.2) is 9.59 Å². The van der Waals surface area contributed by atoms with E-state index >= 15 is 0 Å². The molecule has 5 nitrogen and oxygen atoms in total. The lowest BCUT2D eigenvalue weighted by Gasteiger charge is -2.25. The van der Waals surface area contributed by atoms with Gasteiger partial charge in [-0.1, -0.05) is 36.4 Å². The van der Waals surface area contributed by atoms with E-state index < -0.39 is 18.1 Å². The van der Waals surface area contributed by atoms with Gasteiger partial charge in [-0.05, 0) is 24.6 Å². The summed E-state index contributed by atoms with van der Waals surface area (Å²) in [5.41, 5.74) is 0.762. The Labute approximate surface area is 122 Å². The number of carbonyl (C=O) groups is 2. The van der Waals surface area contributed by atoms with Gasteiger partial charge in [0.2, 0.25) is 0 Å². The molecule has 1 aromatic carbocycles. The highest BCUT2D eigenvalue weighted by Gasteiger charge is 2.26. The maximum Gasteiger partial charge on any atom is 0.411 e. The minimum atomic E-state index is -1.10. The van der Waals surface area contributed by atoms with Crippen molar-refractivity contribution in [1.82, 2.24) is 4.90 Å². The molecule has 0 aliphatic rings. The van der Waals surface area contributed by atoms with Gasteiger partial charge >= 0.3 is 12.1 Å². The monoisotopic (exact) mass is 297 g/mol. The predicted molar refractivity (Wildman–Crippen MR) is 75.6 cm³/mol. The summed E-state index contributed by atoms with van der Waals surface area (Å²) in [4.78, 5) is 24.1. The summed E-state index contributed by atoms with van der Waals surface area (Å²) in [7, 11) is 0. The minimum Gasteiger partial charge on any atom is -0.480 e. The number of rotatable bonds is 6. The average Bonchev–Trinajstić information content (AvgIpc) is 2.43. The summed E-state index contributed by atoms with van der Waals surface area (Å²) in [5, 5.41) is 9.63. The molecular weight excluding hydrogens is 282 g/mol. The van der Waals surface area contributed by atoms with Crippen LogP contribution in [0.2, 0.25) is 5.02 Å². The fraction of sp³-hybridized carbons (Fsp3) is 0.286. The zero-order valence-corrected chi connectivity index (χ0v) is 11.8. The Bertz CT molecular complexity index is 486. The van der Waals surface area contributed by atoms with Crippen LogP contribution in [0.15, 0.2) is 36.9 Å². The van der Waals surface area contributed by atoms with Crippen LogP contribution in [-0.2, 0) is 16.1 Å². The Kier molecular flexibility index (Phi) is 6.06. The smallest absolute Gasteiger partial charge is 0.411 e. The van der Waals surface area contributed by atoms with Crippen LogP contribution in [0.1, 0.15) is 12.5 Å². The molecule has 0 bridgehead atoms. The Hall–Kier alpha value is -2.01. The Morgan fingerprint density at radius 1 is 1.45 bits per heavy atom. The number of carbonyl (C=O) groups excluding carboxylic acids is 1. The van der Waals surface area contributed by atoms with E-state index in [0.717, 1.165) is 10.5 Å². The number of halogens is 1. The van der Waals surface area contributed by atoms with Crippen molar-refractivity contribution in [3.63, 3.8) is 0 Å². The number of benzene rings is 1. The van der Waals surface area contributed by atoms with Crippen molar-refractivity contribution < 1.29 is 19.4 Å². The van der Waals surface area contributed by atoms with E-state index in [1.54, 1.807) is 24.3 Å². The molecule has 1 rings (SSSR count). The van der Waals surface area contributed by atoms with Crippen LogP contribution in [0.3, 0.4) is 0 Å². The van der Waals surface area contributed by atoms with E-state index in [1.807, 2.05) is 0 Å². The van der Waals surface area contributed by atoms with Crippen LogP contribution in [0, 0.1) is 0 Å². The highest BCUT2D eigenvalue weighted by atomic mass is 35.5. The Morgan fingerprint density at radius 2 is 2.05 bits per heavy atom. The molecule has 0 saturated carbocycles. The van der Waals surface area contributed by atoms with Crippen molar-refractivity contribution in [3.8, 4) is 0 Å². The van der Waals surface area contributed by atoms with Gasteiger partial charge < -0.3 is 9.84 Å². The lowest BCUT2D eigenvalue weighted by atomic mass is 10.2. The lowest BCUT2D eigenvalue weighted by Crippen LogP contribution is -2.43. The number of carboxylic acids is 1. The first-order valence-electron chi connectivity index (χ1n) is 5.97. The Morgan fingerprint density at radius 3 is 2.55 bits per heavy atom. The molecular formula is C14H16ClNO4. The SMILES string of the molecule is C=CCOC(=O)N(Cc1ccc(Cl)cc1)[C@@H](C)C(=O)O. The van der Waals surface area contributed by atoms with Gasteiger partial charge in [-0.2, -0.15) is 0 Å². The van der Waals surface area contributed by atoms with E-state index in [9.17, 15) is 9.59 Å². The van der Waals surface area contributed by atoms with E-state index in [1.165, 1.54) is 13.0 Å². The molecule has 0 aliphatic carbocycles. The fourth-order valence-electron chi connectivity index (χ4n) is 1.49. The number of ether oxygens (including phenoxy) is 1. The van der Waals surface area contributed by atoms with Crippen LogP contribution < -0.4 is 0 Å². The maximum atomic E-state index is 11.9. The number of aliphatic carboxylic acids is 1. The lowest BCUT2D eigenvalue weighted by molar-refractivity contribution is -0.142. The third-order valence-electron chi connectivity index (χ3n) is 2.65. The minimum absolute atomic E-state index is 0.0300. The highest BCUT2D eigenvalue weighted by molar-refractivity contribution is 6.30. The van der Waals surface area contributed by atoms with Crippen molar-refractivity contribution in [3.05, 3.63) is 47.5 Å². The molecule has 0 unspecified atom stereocenters. The molecule has 0 saturated heterocycles. The van der Waals surface area contributed by atoms with Crippen LogP contribution >= 0.6 is 11.6 Å². The third-order valence-corrected chi connectivity index (χ3v) is 2.90. The second-order valence-electron chi connectivity index (χ2n) is 4.13. The molecule has 20 heavy (non-hydrogen) atoms. The summed E-state index contributed by atoms with van der Waals surface area (Å²) in [6.07, 6.45) is 0.721. The van der Waals surface area contributed by atoms with E-state index in [4.69, 9.17) is 21.4 Å². The molecule has 1 amide bonds. The normalized spacial score (nSPS) is 11.5. The fourth-order valence-corrected chi connectivity index (χ4v) is 1.62. The van der Waals surface area contributed by atoms with Gasteiger partial charge in [-0.15, -0.1) is 0 Å². The van der Waals surface area contributed by atoms with Crippen molar-refractivity contribution in [1.29, 1.82) is 0 Å². The highest BCUT2D eigenvalue weighted by Crippen LogP contribution is 2.14. The maximum absolute atomic E-state index is 11.9. The van der Waals surface area contributed by atoms with Crippen LogP contribution in [0.4, 0.5) is 4.79 Å². The van der Waals surface area contributed by atoms with Crippen molar-refractivity contribution >= 4 is 23.7 Å². The van der Waals surface area contributed by atoms with E-state index in [-0.39, 0.29) is 13.2 Å². The number of carboxylic acid groups (broad SMARTS) is 1. The molecule has 0 spiro atoms. The molecule has 0 heterocycles. The third kappa shape index (κ3) is 4.59. The van der Waals surface area contributed by atoms with Crippen LogP contribution in [-0.4, -0.2) is 34.7 Å². The van der Waals surface area contributed by atoms with Crippen molar-refractivity contribution in [2.24, 2.45) is 0 Å². The molecule has 0 aliphatic heterocycles. The molecule has 1 N–H and O–H groups in total. The number of nitrogens with zero attached hydrogens (tertiary/aromatic N) is 1. The Balaban J connectivity index is 2.86. The molecule has 0 radical (unpaired) electrons. The van der Waals surface area contributed by atoms with Gasteiger partial charge in [0.15, 0.2) is 0 Å². The van der Waals surface area contributed by atoms with Gasteiger partial charge in [0.25, 0.3) is 0 Å². The van der Waals surface area contributed by atoms with Crippen LogP contribution in [0.5, 0.6) is 0 Å². The molecule has 1 atom stereocenters. The quantitative estimate of drug-likeness (QED) is 0.820. The second kappa shape index (κ2) is 7.55. The summed E-state index contributed by atoms with van der Waals surface area (Å²) < 4.78 is 4.90. The van der Waals surface area contributed by atoms with E-state index in [2.05, 4.69) is 6.58 Å². The van der Waals surface area contributed by atoms with Gasteiger partial charge in [0, 0.05) is 11.6 Å². The summed E-state index contributed by atoms with van der Waals surface area (Å²) in [6, 6.07) is 5.81. The van der Waals surface area contributed by atoms with E-state index in [0.29, 0.717) is 5.02 Å². The van der Waals surface area contributed by atoms with Gasteiger partial charge in [-0.3, -0.25) is 4.90 Å². The first kappa shape index (κ1) is 16.0. The zero-order valence-electron chi connectivity index (χ0n) is 11.1. The molecule has 1 aromatic rings. The predicted octanol–water partition coefficient (Wildman–Crippen LogP) is 2.94. The van der Waals surface area contributed by atoms with Gasteiger partial charge in [0.1, 0.15) is 12.6 Å². The standard InChI is InChI=1S/C14H16ClNO4/c1-3-8-20-14(19)16(10(2)13(17)18)9-11-4-6-12(15)7-5-11/h3-7,10H,1,8-9H2,2H3,(H,17,18)/t10-/m0/s1. The number of hydrogen-bond donors (Lipinski definition) is 1. The zero-order chi connectivity index (χ0) is 15.1. The van der Waals surface area contributed by atoms with Crippen LogP contribution in [0.25, 0.3) is 0 Å². The van der Waals surface area contributed by atoms with Crippen molar-refractivity contribution in [2.45, 2.75) is 19.5 Å². The first-order valence-corrected chi connectivity index (χ1v) is 6.35. The van der Waals surface area contributed by atoms with Crippen molar-refractivity contribution in [2.75, 3.05) is 6.61 Å². The second-order valence-corrected chi connectivity index (χ2v) is 4.57. The number of hydrogen-bond acceptors (Lipinski definition) is 3. The summed E-state index contributed by atoms with van der Waals surface area (Å²) in [6.45, 7) is 5.02. The molecule has 0 fully saturated rings.